The molecule has 2 N–H and O–H groups in total. The van der Waals surface area contributed by atoms with E-state index in [1.165, 1.54) is 4.90 Å². The Bertz CT molecular complexity index is 230. The number of rotatable bonds is 3. The molecule has 0 saturated carbocycles. The molecule has 15 heavy (non-hydrogen) atoms. The van der Waals surface area contributed by atoms with Gasteiger partial charge in [0.05, 0.1) is 0 Å². The van der Waals surface area contributed by atoms with Crippen LogP contribution in [-0.4, -0.2) is 36.6 Å². The third kappa shape index (κ3) is 4.07. The van der Waals surface area contributed by atoms with Crippen molar-refractivity contribution >= 4 is 5.91 Å². The van der Waals surface area contributed by atoms with Crippen LogP contribution in [0, 0.1) is 5.92 Å². The van der Waals surface area contributed by atoms with Crippen molar-refractivity contribution in [2.75, 3.05) is 19.6 Å². The maximum atomic E-state index is 11.9. The van der Waals surface area contributed by atoms with Crippen LogP contribution in [-0.2, 0) is 4.79 Å². The summed E-state index contributed by atoms with van der Waals surface area (Å²) in [7, 11) is 0. The predicted molar refractivity (Wildman–Crippen MR) is 49.0 cm³/mol. The van der Waals surface area contributed by atoms with Crippen LogP contribution in [0.3, 0.4) is 0 Å². The van der Waals surface area contributed by atoms with E-state index < -0.39 is 18.5 Å². The minimum Gasteiger partial charge on any atom is -0.342 e. The second-order valence-electron chi connectivity index (χ2n) is 3.86. The van der Waals surface area contributed by atoms with Gasteiger partial charge in [-0.2, -0.15) is 13.2 Å². The van der Waals surface area contributed by atoms with Crippen molar-refractivity contribution in [1.29, 1.82) is 0 Å². The van der Waals surface area contributed by atoms with Gasteiger partial charge in [0.15, 0.2) is 0 Å². The number of carbonyl (C=O) groups excluding carboxylic acids is 1. The van der Waals surface area contributed by atoms with Crippen LogP contribution in [0.25, 0.3) is 0 Å². The Morgan fingerprint density at radius 3 is 2.67 bits per heavy atom. The quantitative estimate of drug-likeness (QED) is 0.781. The number of hydrogen-bond donors (Lipinski definition) is 1. The van der Waals surface area contributed by atoms with Gasteiger partial charge in [0, 0.05) is 13.1 Å². The number of nitrogens with zero attached hydrogens (tertiary/aromatic N) is 1. The molecule has 0 aromatic heterocycles. The summed E-state index contributed by atoms with van der Waals surface area (Å²) in [6, 6.07) is 0. The first-order chi connectivity index (χ1) is 6.92. The van der Waals surface area contributed by atoms with Crippen LogP contribution in [0.15, 0.2) is 0 Å². The zero-order valence-corrected chi connectivity index (χ0v) is 8.39. The first-order valence-corrected chi connectivity index (χ1v) is 4.97. The highest BCUT2D eigenvalue weighted by atomic mass is 19.4. The molecule has 1 rings (SSSR count). The molecule has 1 atom stereocenters. The molecule has 6 heteroatoms. The van der Waals surface area contributed by atoms with Gasteiger partial charge >= 0.3 is 6.18 Å². The summed E-state index contributed by atoms with van der Waals surface area (Å²) in [6.07, 6.45) is -4.21. The normalized spacial score (nSPS) is 22.1. The van der Waals surface area contributed by atoms with Gasteiger partial charge in [-0.3, -0.25) is 4.79 Å². The molecule has 0 aromatic carbocycles. The average Bonchev–Trinajstić information content (AvgIpc) is 2.50. The Morgan fingerprint density at radius 1 is 1.47 bits per heavy atom. The Kier molecular flexibility index (Phi) is 3.96. The number of alkyl halides is 3. The molecule has 0 aromatic rings. The van der Waals surface area contributed by atoms with E-state index >= 15 is 0 Å². The van der Waals surface area contributed by atoms with Gasteiger partial charge in [0.25, 0.3) is 0 Å². The molecule has 1 heterocycles. The lowest BCUT2D eigenvalue weighted by Crippen LogP contribution is -2.32. The lowest BCUT2D eigenvalue weighted by Gasteiger charge is -2.17. The lowest BCUT2D eigenvalue weighted by molar-refractivity contribution is -0.160. The average molecular weight is 224 g/mol. The highest BCUT2D eigenvalue weighted by Gasteiger charge is 2.35. The zero-order chi connectivity index (χ0) is 11.5. The second kappa shape index (κ2) is 4.83. The van der Waals surface area contributed by atoms with E-state index in [-0.39, 0.29) is 5.92 Å². The molecular weight excluding hydrogens is 209 g/mol. The van der Waals surface area contributed by atoms with E-state index in [4.69, 9.17) is 5.73 Å². The monoisotopic (exact) mass is 224 g/mol. The summed E-state index contributed by atoms with van der Waals surface area (Å²) < 4.78 is 35.8. The predicted octanol–water partition coefficient (Wildman–Crippen LogP) is 1.14. The maximum absolute atomic E-state index is 11.9. The molecule has 88 valence electrons. The highest BCUT2D eigenvalue weighted by molar-refractivity contribution is 5.77. The van der Waals surface area contributed by atoms with Crippen molar-refractivity contribution in [1.82, 2.24) is 4.90 Å². The summed E-state index contributed by atoms with van der Waals surface area (Å²) in [6.45, 7) is 1.37. The Hall–Kier alpha value is -0.780. The van der Waals surface area contributed by atoms with E-state index in [2.05, 4.69) is 0 Å². The van der Waals surface area contributed by atoms with E-state index in [9.17, 15) is 18.0 Å². The van der Waals surface area contributed by atoms with Crippen molar-refractivity contribution in [3.8, 4) is 0 Å². The molecule has 1 aliphatic heterocycles. The number of carbonyl (C=O) groups is 1. The largest absolute Gasteiger partial charge is 0.397 e. The fourth-order valence-electron chi connectivity index (χ4n) is 1.81. The molecule has 3 nitrogen and oxygen atoms in total. The third-order valence-corrected chi connectivity index (χ3v) is 2.57. The van der Waals surface area contributed by atoms with Crippen molar-refractivity contribution in [2.24, 2.45) is 11.7 Å². The summed E-state index contributed by atoms with van der Waals surface area (Å²) in [5, 5.41) is 0. The van der Waals surface area contributed by atoms with Crippen LogP contribution >= 0.6 is 0 Å². The van der Waals surface area contributed by atoms with Gasteiger partial charge in [0.2, 0.25) is 5.91 Å². The minimum atomic E-state index is -4.40. The smallest absolute Gasteiger partial charge is 0.342 e. The zero-order valence-electron chi connectivity index (χ0n) is 8.39. The van der Waals surface area contributed by atoms with Crippen LogP contribution in [0.1, 0.15) is 19.3 Å². The van der Waals surface area contributed by atoms with Crippen molar-refractivity contribution in [3.05, 3.63) is 0 Å². The first kappa shape index (κ1) is 12.3. The fraction of sp³-hybridized carbons (Fsp3) is 0.889. The molecule has 1 fully saturated rings. The molecule has 1 unspecified atom stereocenters. The highest BCUT2D eigenvalue weighted by Crippen LogP contribution is 2.24. The second-order valence-corrected chi connectivity index (χ2v) is 3.86. The molecule has 0 bridgehead atoms. The van der Waals surface area contributed by atoms with Crippen LogP contribution in [0.2, 0.25) is 0 Å². The van der Waals surface area contributed by atoms with E-state index in [1.807, 2.05) is 0 Å². The number of halogens is 3. The Labute approximate surface area is 86.4 Å². The summed E-state index contributed by atoms with van der Waals surface area (Å²) in [5.41, 5.74) is 5.35. The number of amides is 1. The van der Waals surface area contributed by atoms with E-state index in [0.29, 0.717) is 19.6 Å². The van der Waals surface area contributed by atoms with Crippen LogP contribution in [0.4, 0.5) is 13.2 Å². The van der Waals surface area contributed by atoms with Gasteiger partial charge < -0.3 is 10.6 Å². The molecular formula is C9H15F3N2O. The molecule has 1 saturated heterocycles. The molecule has 0 spiro atoms. The number of nitrogens with two attached hydrogens (primary N) is 1. The summed E-state index contributed by atoms with van der Waals surface area (Å²) >= 11 is 0. The summed E-state index contributed by atoms with van der Waals surface area (Å²) in [5.74, 6) is -0.547. The van der Waals surface area contributed by atoms with Crippen LogP contribution in [0.5, 0.6) is 0 Å². The Balaban J connectivity index is 2.37. The molecule has 0 aliphatic carbocycles. The standard InChI is InChI=1S/C9H15F3N2O/c10-9(11,12)5-8(15)14-4-2-7(6-14)1-3-13/h7H,1-6,13H2. The van der Waals surface area contributed by atoms with Crippen LogP contribution < -0.4 is 5.73 Å². The van der Waals surface area contributed by atoms with Gasteiger partial charge in [-0.25, -0.2) is 0 Å². The van der Waals surface area contributed by atoms with E-state index in [0.717, 1.165) is 12.8 Å². The van der Waals surface area contributed by atoms with Crippen molar-refractivity contribution in [2.45, 2.75) is 25.4 Å². The SMILES string of the molecule is NCCC1CCN(C(=O)CC(F)(F)F)C1. The summed E-state index contributed by atoms with van der Waals surface area (Å²) in [4.78, 5) is 12.5. The molecule has 0 radical (unpaired) electrons. The van der Waals surface area contributed by atoms with Gasteiger partial charge in [-0.05, 0) is 25.3 Å². The first-order valence-electron chi connectivity index (χ1n) is 4.97. The number of likely N-dealkylation sites (tertiary alicyclic amines) is 1. The maximum Gasteiger partial charge on any atom is 0.397 e. The lowest BCUT2D eigenvalue weighted by atomic mass is 10.1. The number of hydrogen-bond acceptors (Lipinski definition) is 2. The minimum absolute atomic E-state index is 0.271. The topological polar surface area (TPSA) is 46.3 Å². The third-order valence-electron chi connectivity index (χ3n) is 2.57. The van der Waals surface area contributed by atoms with Crippen molar-refractivity contribution in [3.63, 3.8) is 0 Å². The Morgan fingerprint density at radius 2 is 2.13 bits per heavy atom. The van der Waals surface area contributed by atoms with Gasteiger partial charge in [-0.1, -0.05) is 0 Å². The van der Waals surface area contributed by atoms with E-state index in [1.54, 1.807) is 0 Å². The molecule has 1 aliphatic rings. The van der Waals surface area contributed by atoms with Crippen molar-refractivity contribution < 1.29 is 18.0 Å². The fourth-order valence-corrected chi connectivity index (χ4v) is 1.81. The van der Waals surface area contributed by atoms with Gasteiger partial charge in [-0.15, -0.1) is 0 Å². The molecule has 1 amide bonds. The van der Waals surface area contributed by atoms with Gasteiger partial charge in [0.1, 0.15) is 6.42 Å².